The van der Waals surface area contributed by atoms with E-state index in [1.807, 2.05) is 31.2 Å². The second kappa shape index (κ2) is 12.3. The summed E-state index contributed by atoms with van der Waals surface area (Å²) in [7, 11) is 0. The van der Waals surface area contributed by atoms with Crippen LogP contribution in [0.1, 0.15) is 49.4 Å². The van der Waals surface area contributed by atoms with E-state index >= 15 is 0 Å². The van der Waals surface area contributed by atoms with E-state index in [0.29, 0.717) is 6.42 Å². The fourth-order valence-electron chi connectivity index (χ4n) is 4.61. The Labute approximate surface area is 228 Å². The first-order chi connectivity index (χ1) is 18.7. The maximum absolute atomic E-state index is 14.1. The molecule has 2 atom stereocenters. The van der Waals surface area contributed by atoms with Crippen LogP contribution in [0.5, 0.6) is 0 Å². The molecule has 39 heavy (non-hydrogen) atoms. The molecule has 0 spiro atoms. The average molecular weight is 531 g/mol. The van der Waals surface area contributed by atoms with Crippen molar-refractivity contribution >= 4 is 23.2 Å². The quantitative estimate of drug-likeness (QED) is 0.292. The van der Waals surface area contributed by atoms with E-state index in [2.05, 4.69) is 30.4 Å². The molecule has 0 bridgehead atoms. The Morgan fingerprint density at radius 3 is 2.23 bits per heavy atom. The molecule has 0 aliphatic carbocycles. The lowest BCUT2D eigenvalue weighted by Gasteiger charge is -2.20. The van der Waals surface area contributed by atoms with Crippen LogP contribution in [0.2, 0.25) is 0 Å². The molecule has 1 heterocycles. The minimum atomic E-state index is -3.29. The average Bonchev–Trinajstić information content (AvgIpc) is 3.16. The molecule has 0 radical (unpaired) electrons. The summed E-state index contributed by atoms with van der Waals surface area (Å²) in [5, 5.41) is 12.8. The third-order valence-corrected chi connectivity index (χ3v) is 6.92. The highest BCUT2D eigenvalue weighted by Crippen LogP contribution is 2.37. The van der Waals surface area contributed by atoms with E-state index in [-0.39, 0.29) is 17.3 Å². The van der Waals surface area contributed by atoms with Crippen LogP contribution < -0.4 is 5.32 Å². The number of hydrogen-bond donors (Lipinski definition) is 2. The van der Waals surface area contributed by atoms with Crippen LogP contribution in [-0.2, 0) is 12.3 Å². The van der Waals surface area contributed by atoms with Gasteiger partial charge in [0.15, 0.2) is 0 Å². The number of hydrogen-bond acceptors (Lipinski definition) is 3. The minimum absolute atomic E-state index is 0.154. The lowest BCUT2D eigenvalue weighted by Crippen LogP contribution is -2.27. The number of aliphatic hydroxyl groups is 1. The van der Waals surface area contributed by atoms with Crippen LogP contribution in [-0.4, -0.2) is 17.4 Å². The predicted molar refractivity (Wildman–Crippen MR) is 154 cm³/mol. The summed E-state index contributed by atoms with van der Waals surface area (Å²) in [6.07, 6.45) is 7.51. The zero-order chi connectivity index (χ0) is 28.0. The smallest absolute Gasteiger partial charge is 0.298 e. The summed E-state index contributed by atoms with van der Waals surface area (Å²) in [5.74, 6) is -3.42. The summed E-state index contributed by atoms with van der Waals surface area (Å²) in [6, 6.07) is 20.6. The fourth-order valence-corrected chi connectivity index (χ4v) is 4.61. The zero-order valence-electron chi connectivity index (χ0n) is 22.3. The van der Waals surface area contributed by atoms with Gasteiger partial charge >= 0.3 is 0 Å². The number of rotatable bonds is 9. The normalized spacial score (nSPS) is 16.8. The molecule has 2 N–H and O–H groups in total. The Kier molecular flexibility index (Phi) is 8.87. The van der Waals surface area contributed by atoms with E-state index < -0.39 is 12.0 Å². The summed E-state index contributed by atoms with van der Waals surface area (Å²) >= 11 is 0. The van der Waals surface area contributed by atoms with Gasteiger partial charge in [-0.2, -0.15) is 8.78 Å². The third-order valence-electron chi connectivity index (χ3n) is 6.92. The van der Waals surface area contributed by atoms with Gasteiger partial charge in [-0.05, 0) is 79.4 Å². The molecule has 0 aromatic heterocycles. The van der Waals surface area contributed by atoms with E-state index in [1.54, 1.807) is 30.5 Å². The van der Waals surface area contributed by atoms with E-state index in [9.17, 15) is 18.3 Å². The van der Waals surface area contributed by atoms with Crippen molar-refractivity contribution in [3.8, 4) is 0 Å². The largest absolute Gasteiger partial charge is 0.387 e. The first kappa shape index (κ1) is 28.1. The molecule has 0 amide bonds. The molecule has 0 saturated heterocycles. The molecule has 3 aromatic carbocycles. The molecule has 1 aliphatic rings. The number of aliphatic imine (C=N–C) groups is 1. The van der Waals surface area contributed by atoms with E-state index in [4.69, 9.17) is 4.99 Å². The van der Waals surface area contributed by atoms with Crippen molar-refractivity contribution in [2.45, 2.75) is 45.6 Å². The molecule has 1 aliphatic heterocycles. The molecule has 3 nitrogen and oxygen atoms in total. The van der Waals surface area contributed by atoms with Gasteiger partial charge in [-0.25, -0.2) is 4.39 Å². The monoisotopic (exact) mass is 530 g/mol. The van der Waals surface area contributed by atoms with Crippen LogP contribution in [0.3, 0.4) is 0 Å². The molecule has 2 unspecified atom stereocenters. The van der Waals surface area contributed by atoms with Crippen molar-refractivity contribution in [3.63, 3.8) is 0 Å². The second-order valence-corrected chi connectivity index (χ2v) is 9.64. The maximum atomic E-state index is 14.1. The maximum Gasteiger partial charge on any atom is 0.298 e. The summed E-state index contributed by atoms with van der Waals surface area (Å²) in [6.45, 7) is 5.15. The van der Waals surface area contributed by atoms with Gasteiger partial charge in [-0.1, -0.05) is 55.5 Å². The molecule has 0 fully saturated rings. The SMILES string of the molecule is C/C=C(\Cc1ccc(C(F)(F)C(C)O)cc1)Nc1ccc(C2=C(c3ccc(F)cc3)N=CC=CC2CC)cc1. The Balaban J connectivity index is 1.55. The number of nitrogens with zero attached hydrogens (tertiary/aromatic N) is 1. The Hall–Kier alpha value is -3.90. The van der Waals surface area contributed by atoms with Gasteiger partial charge in [0.1, 0.15) is 11.9 Å². The van der Waals surface area contributed by atoms with Crippen molar-refractivity contribution < 1.29 is 18.3 Å². The predicted octanol–water partition coefficient (Wildman–Crippen LogP) is 8.39. The van der Waals surface area contributed by atoms with Crippen LogP contribution in [0.15, 0.2) is 102 Å². The summed E-state index contributed by atoms with van der Waals surface area (Å²) < 4.78 is 41.8. The standard InChI is InChI=1S/C33H33F3N2O/c1-4-24-7-6-20-37-32(26-10-16-28(34)17-11-26)31(24)25-12-18-30(19-13-25)38-29(5-2)21-23-8-14-27(15-9-23)33(35,36)22(3)39/h5-20,22,24,38-39H,4,21H2,1-3H3/b29-5+. The van der Waals surface area contributed by atoms with Gasteiger partial charge < -0.3 is 10.4 Å². The van der Waals surface area contributed by atoms with Gasteiger partial charge in [-0.15, -0.1) is 0 Å². The molecule has 3 aromatic rings. The van der Waals surface area contributed by atoms with Crippen molar-refractivity contribution in [1.29, 1.82) is 0 Å². The van der Waals surface area contributed by atoms with Crippen LogP contribution in [0.25, 0.3) is 11.3 Å². The van der Waals surface area contributed by atoms with Gasteiger partial charge in [0.25, 0.3) is 5.92 Å². The zero-order valence-corrected chi connectivity index (χ0v) is 22.3. The number of halogens is 3. The Morgan fingerprint density at radius 1 is 1.00 bits per heavy atom. The van der Waals surface area contributed by atoms with Crippen molar-refractivity contribution in [3.05, 3.63) is 125 Å². The highest BCUT2D eigenvalue weighted by molar-refractivity contribution is 5.97. The number of benzene rings is 3. The number of nitrogens with one attached hydrogen (secondary N) is 1. The molecule has 4 rings (SSSR count). The Bertz CT molecular complexity index is 1380. The molecule has 0 saturated carbocycles. The van der Waals surface area contributed by atoms with Crippen LogP contribution in [0.4, 0.5) is 18.9 Å². The first-order valence-corrected chi connectivity index (χ1v) is 13.1. The van der Waals surface area contributed by atoms with Gasteiger partial charge in [0, 0.05) is 41.1 Å². The van der Waals surface area contributed by atoms with Gasteiger partial charge in [0.2, 0.25) is 0 Å². The lowest BCUT2D eigenvalue weighted by atomic mass is 9.87. The first-order valence-electron chi connectivity index (χ1n) is 13.1. The minimum Gasteiger partial charge on any atom is -0.387 e. The second-order valence-electron chi connectivity index (χ2n) is 9.64. The Morgan fingerprint density at radius 2 is 1.64 bits per heavy atom. The summed E-state index contributed by atoms with van der Waals surface area (Å²) in [5.41, 5.74) is 6.30. The van der Waals surface area contributed by atoms with E-state index in [1.165, 1.54) is 24.3 Å². The van der Waals surface area contributed by atoms with Crippen molar-refractivity contribution in [2.24, 2.45) is 10.9 Å². The number of allylic oxidation sites excluding steroid dienone is 5. The lowest BCUT2D eigenvalue weighted by molar-refractivity contribution is -0.106. The third kappa shape index (κ3) is 6.58. The topological polar surface area (TPSA) is 44.6 Å². The van der Waals surface area contributed by atoms with Crippen molar-refractivity contribution in [2.75, 3.05) is 5.32 Å². The molecular formula is C33H33F3N2O. The fraction of sp³-hybridized carbons (Fsp3) is 0.242. The van der Waals surface area contributed by atoms with Gasteiger partial charge in [0.05, 0.1) is 5.70 Å². The summed E-state index contributed by atoms with van der Waals surface area (Å²) in [4.78, 5) is 4.70. The number of alkyl halides is 2. The molecule has 202 valence electrons. The van der Waals surface area contributed by atoms with E-state index in [0.717, 1.165) is 52.7 Å². The number of anilines is 1. The highest BCUT2D eigenvalue weighted by Gasteiger charge is 2.37. The molecular weight excluding hydrogens is 497 g/mol. The van der Waals surface area contributed by atoms with Crippen molar-refractivity contribution in [1.82, 2.24) is 0 Å². The molecule has 6 heteroatoms. The van der Waals surface area contributed by atoms with Crippen LogP contribution >= 0.6 is 0 Å². The van der Waals surface area contributed by atoms with Crippen LogP contribution in [0, 0.1) is 11.7 Å². The highest BCUT2D eigenvalue weighted by atomic mass is 19.3. The van der Waals surface area contributed by atoms with Gasteiger partial charge in [-0.3, -0.25) is 4.99 Å². The number of aliphatic hydroxyl groups excluding tert-OH is 1.